The van der Waals surface area contributed by atoms with Crippen molar-refractivity contribution in [2.45, 2.75) is 19.3 Å². The Kier molecular flexibility index (Phi) is 2.95. The third-order valence-corrected chi connectivity index (χ3v) is 2.75. The molecule has 0 saturated heterocycles. The molecular weight excluding hydrogens is 279 g/mol. The van der Waals surface area contributed by atoms with Gasteiger partial charge >= 0.3 is 5.97 Å². The maximum Gasteiger partial charge on any atom is 0.313 e. The molecule has 1 N–H and O–H groups in total. The van der Waals surface area contributed by atoms with Gasteiger partial charge in [-0.25, -0.2) is 0 Å². The summed E-state index contributed by atoms with van der Waals surface area (Å²) in [6.45, 7) is 3.42. The van der Waals surface area contributed by atoms with Crippen molar-refractivity contribution in [3.63, 3.8) is 0 Å². The first-order valence-corrected chi connectivity index (χ1v) is 5.02. The van der Waals surface area contributed by atoms with E-state index in [0.29, 0.717) is 0 Å². The highest BCUT2D eigenvalue weighted by molar-refractivity contribution is 14.1. The van der Waals surface area contributed by atoms with E-state index in [1.54, 1.807) is 13.8 Å². The van der Waals surface area contributed by atoms with E-state index in [1.165, 1.54) is 0 Å². The molecule has 1 aromatic rings. The second-order valence-corrected chi connectivity index (χ2v) is 4.69. The molecule has 3 heteroatoms. The van der Waals surface area contributed by atoms with Crippen LogP contribution in [-0.4, -0.2) is 11.1 Å². The van der Waals surface area contributed by atoms with Gasteiger partial charge in [-0.15, -0.1) is 0 Å². The highest BCUT2D eigenvalue weighted by Gasteiger charge is 2.29. The summed E-state index contributed by atoms with van der Waals surface area (Å²) in [7, 11) is 0. The topological polar surface area (TPSA) is 37.3 Å². The van der Waals surface area contributed by atoms with E-state index in [2.05, 4.69) is 22.6 Å². The monoisotopic (exact) mass is 290 g/mol. The van der Waals surface area contributed by atoms with Crippen molar-refractivity contribution in [1.82, 2.24) is 0 Å². The van der Waals surface area contributed by atoms with Gasteiger partial charge in [0.15, 0.2) is 0 Å². The molecule has 0 fully saturated rings. The van der Waals surface area contributed by atoms with Crippen molar-refractivity contribution >= 4 is 28.6 Å². The number of hydrogen-bond donors (Lipinski definition) is 1. The van der Waals surface area contributed by atoms with Crippen LogP contribution in [-0.2, 0) is 10.2 Å². The average molecular weight is 290 g/mol. The maximum absolute atomic E-state index is 10.9. The minimum Gasteiger partial charge on any atom is -0.481 e. The minimum absolute atomic E-state index is 0.797. The summed E-state index contributed by atoms with van der Waals surface area (Å²) in [6.07, 6.45) is 0. The van der Waals surface area contributed by atoms with Crippen molar-refractivity contribution in [3.8, 4) is 0 Å². The zero-order valence-corrected chi connectivity index (χ0v) is 9.70. The molecule has 1 aromatic carbocycles. The van der Waals surface area contributed by atoms with Gasteiger partial charge in [-0.1, -0.05) is 12.1 Å². The van der Waals surface area contributed by atoms with Crippen molar-refractivity contribution in [3.05, 3.63) is 33.4 Å². The number of rotatable bonds is 2. The fraction of sp³-hybridized carbons (Fsp3) is 0.300. The number of hydrogen-bond acceptors (Lipinski definition) is 1. The minimum atomic E-state index is -0.804. The molecule has 70 valence electrons. The van der Waals surface area contributed by atoms with E-state index >= 15 is 0 Å². The molecule has 0 amide bonds. The molecule has 0 bridgehead atoms. The van der Waals surface area contributed by atoms with E-state index in [9.17, 15) is 4.79 Å². The second-order valence-electron chi connectivity index (χ2n) is 3.44. The summed E-state index contributed by atoms with van der Waals surface area (Å²) in [4.78, 5) is 10.9. The maximum atomic E-state index is 10.9. The molecular formula is C10H11IO2. The van der Waals surface area contributed by atoms with Crippen LogP contribution in [0.5, 0.6) is 0 Å². The van der Waals surface area contributed by atoms with Crippen LogP contribution in [0, 0.1) is 3.57 Å². The average Bonchev–Trinajstić information content (AvgIpc) is 2.04. The van der Waals surface area contributed by atoms with Gasteiger partial charge < -0.3 is 5.11 Å². The SMILES string of the molecule is CC(C)(C(=O)O)c1cccc(I)c1. The Bertz CT molecular complexity index is 331. The molecule has 0 saturated carbocycles. The van der Waals surface area contributed by atoms with Crippen LogP contribution < -0.4 is 0 Å². The summed E-state index contributed by atoms with van der Waals surface area (Å²) in [5.74, 6) is -0.797. The zero-order valence-electron chi connectivity index (χ0n) is 7.54. The lowest BCUT2D eigenvalue weighted by molar-refractivity contribution is -0.142. The van der Waals surface area contributed by atoms with Gasteiger partial charge in [0.25, 0.3) is 0 Å². The molecule has 0 aliphatic rings. The Hall–Kier alpha value is -0.580. The Morgan fingerprint density at radius 3 is 2.54 bits per heavy atom. The molecule has 0 aliphatic heterocycles. The Balaban J connectivity index is 3.14. The molecule has 0 radical (unpaired) electrons. The molecule has 0 spiro atoms. The number of aliphatic carboxylic acids is 1. The molecule has 2 nitrogen and oxygen atoms in total. The quantitative estimate of drug-likeness (QED) is 0.850. The molecule has 13 heavy (non-hydrogen) atoms. The first-order valence-electron chi connectivity index (χ1n) is 3.94. The molecule has 0 atom stereocenters. The van der Waals surface area contributed by atoms with Gasteiger partial charge in [0, 0.05) is 3.57 Å². The normalized spacial score (nSPS) is 11.3. The summed E-state index contributed by atoms with van der Waals surface area (Å²) < 4.78 is 1.06. The zero-order chi connectivity index (χ0) is 10.1. The predicted molar refractivity (Wildman–Crippen MR) is 59.8 cm³/mol. The van der Waals surface area contributed by atoms with Crippen molar-refractivity contribution in [2.75, 3.05) is 0 Å². The van der Waals surface area contributed by atoms with E-state index < -0.39 is 11.4 Å². The van der Waals surface area contributed by atoms with Crippen LogP contribution in [0.4, 0.5) is 0 Å². The van der Waals surface area contributed by atoms with Crippen molar-refractivity contribution in [1.29, 1.82) is 0 Å². The number of benzene rings is 1. The van der Waals surface area contributed by atoms with Gasteiger partial charge in [-0.3, -0.25) is 4.79 Å². The fourth-order valence-corrected chi connectivity index (χ4v) is 1.54. The van der Waals surface area contributed by atoms with Crippen LogP contribution >= 0.6 is 22.6 Å². The highest BCUT2D eigenvalue weighted by Crippen LogP contribution is 2.24. The smallest absolute Gasteiger partial charge is 0.313 e. The number of carbonyl (C=O) groups is 1. The highest BCUT2D eigenvalue weighted by atomic mass is 127. The standard InChI is InChI=1S/C10H11IO2/c1-10(2,9(12)13)7-4-3-5-8(11)6-7/h3-6H,1-2H3,(H,12,13). The molecule has 0 unspecified atom stereocenters. The Labute approximate surface area is 91.1 Å². The van der Waals surface area contributed by atoms with E-state index in [-0.39, 0.29) is 0 Å². The number of halogens is 1. The third-order valence-electron chi connectivity index (χ3n) is 2.08. The molecule has 1 rings (SSSR count). The first kappa shape index (κ1) is 10.5. The number of carboxylic acids is 1. The lowest BCUT2D eigenvalue weighted by Crippen LogP contribution is -2.28. The predicted octanol–water partition coefficient (Wildman–Crippen LogP) is 2.65. The van der Waals surface area contributed by atoms with Gasteiger partial charge in [0.1, 0.15) is 0 Å². The fourth-order valence-electron chi connectivity index (χ4n) is 1.00. The van der Waals surface area contributed by atoms with E-state index in [1.807, 2.05) is 24.3 Å². The summed E-state index contributed by atoms with van der Waals surface area (Å²) >= 11 is 2.18. The summed E-state index contributed by atoms with van der Waals surface area (Å²) in [6, 6.07) is 7.56. The van der Waals surface area contributed by atoms with Gasteiger partial charge in [0.2, 0.25) is 0 Å². The first-order chi connectivity index (χ1) is 5.94. The summed E-state index contributed by atoms with van der Waals surface area (Å²) in [5.41, 5.74) is 0.0353. The van der Waals surface area contributed by atoms with E-state index in [0.717, 1.165) is 9.13 Å². The van der Waals surface area contributed by atoms with Crippen LogP contribution in [0.1, 0.15) is 19.4 Å². The Morgan fingerprint density at radius 1 is 1.46 bits per heavy atom. The Morgan fingerprint density at radius 2 is 2.08 bits per heavy atom. The molecule has 0 heterocycles. The number of carboxylic acid groups (broad SMARTS) is 1. The largest absolute Gasteiger partial charge is 0.481 e. The van der Waals surface area contributed by atoms with Crippen LogP contribution in [0.25, 0.3) is 0 Å². The second kappa shape index (κ2) is 3.65. The van der Waals surface area contributed by atoms with Crippen LogP contribution in [0.3, 0.4) is 0 Å². The lowest BCUT2D eigenvalue weighted by atomic mass is 9.85. The van der Waals surface area contributed by atoms with E-state index in [4.69, 9.17) is 5.11 Å². The van der Waals surface area contributed by atoms with Crippen LogP contribution in [0.2, 0.25) is 0 Å². The van der Waals surface area contributed by atoms with Gasteiger partial charge in [0.05, 0.1) is 5.41 Å². The lowest BCUT2D eigenvalue weighted by Gasteiger charge is -2.19. The van der Waals surface area contributed by atoms with Gasteiger partial charge in [-0.2, -0.15) is 0 Å². The third kappa shape index (κ3) is 2.21. The van der Waals surface area contributed by atoms with Crippen molar-refractivity contribution < 1.29 is 9.90 Å². The molecule has 0 aromatic heterocycles. The summed E-state index contributed by atoms with van der Waals surface area (Å²) in [5, 5.41) is 8.98. The molecule has 0 aliphatic carbocycles. The van der Waals surface area contributed by atoms with Crippen molar-refractivity contribution in [2.24, 2.45) is 0 Å². The van der Waals surface area contributed by atoms with Gasteiger partial charge in [-0.05, 0) is 54.1 Å². The van der Waals surface area contributed by atoms with Crippen LogP contribution in [0.15, 0.2) is 24.3 Å².